The molecule has 0 spiro atoms. The second-order valence-electron chi connectivity index (χ2n) is 2.75. The van der Waals surface area contributed by atoms with Gasteiger partial charge in [-0.3, -0.25) is 0 Å². The van der Waals surface area contributed by atoms with Crippen molar-refractivity contribution in [3.63, 3.8) is 0 Å². The van der Waals surface area contributed by atoms with Crippen molar-refractivity contribution in [2.75, 3.05) is 11.9 Å². The summed E-state index contributed by atoms with van der Waals surface area (Å²) in [6.45, 7) is 4.04. The number of halogens is 3. The zero-order chi connectivity index (χ0) is 10.6. The summed E-state index contributed by atoms with van der Waals surface area (Å²) < 4.78 is 25.8. The van der Waals surface area contributed by atoms with E-state index in [1.165, 1.54) is 0 Å². The zero-order valence-electron chi connectivity index (χ0n) is 7.49. The molecule has 0 heterocycles. The monoisotopic (exact) mass is 217 g/mol. The number of hydrogen-bond acceptors (Lipinski definition) is 1. The van der Waals surface area contributed by atoms with Gasteiger partial charge in [-0.15, -0.1) is 6.58 Å². The van der Waals surface area contributed by atoms with Crippen LogP contribution in [0.15, 0.2) is 24.8 Å². The van der Waals surface area contributed by atoms with E-state index in [0.29, 0.717) is 13.0 Å². The van der Waals surface area contributed by atoms with Crippen LogP contribution >= 0.6 is 11.6 Å². The van der Waals surface area contributed by atoms with Crippen LogP contribution in [-0.4, -0.2) is 6.54 Å². The summed E-state index contributed by atoms with van der Waals surface area (Å²) in [5.74, 6) is -1.36. The fourth-order valence-corrected chi connectivity index (χ4v) is 1.27. The highest BCUT2D eigenvalue weighted by molar-refractivity contribution is 6.33. The highest BCUT2D eigenvalue weighted by Gasteiger charge is 2.08. The molecule has 0 fully saturated rings. The van der Waals surface area contributed by atoms with E-state index in [0.717, 1.165) is 12.1 Å². The van der Waals surface area contributed by atoms with Crippen LogP contribution in [0.25, 0.3) is 0 Å². The largest absolute Gasteiger partial charge is 0.381 e. The van der Waals surface area contributed by atoms with Gasteiger partial charge in [0.05, 0.1) is 10.7 Å². The number of anilines is 1. The van der Waals surface area contributed by atoms with Crippen molar-refractivity contribution >= 4 is 17.3 Å². The van der Waals surface area contributed by atoms with Gasteiger partial charge in [0.1, 0.15) is 5.82 Å². The van der Waals surface area contributed by atoms with Crippen molar-refractivity contribution in [1.82, 2.24) is 0 Å². The normalized spacial score (nSPS) is 9.93. The fraction of sp³-hybridized carbons (Fsp3) is 0.200. The van der Waals surface area contributed by atoms with E-state index in [1.807, 2.05) is 0 Å². The van der Waals surface area contributed by atoms with Gasteiger partial charge in [0, 0.05) is 12.6 Å². The topological polar surface area (TPSA) is 12.0 Å². The summed E-state index contributed by atoms with van der Waals surface area (Å²) in [5, 5.41) is 2.81. The average molecular weight is 218 g/mol. The minimum Gasteiger partial charge on any atom is -0.381 e. The third-order valence-corrected chi connectivity index (χ3v) is 1.96. The minimum atomic E-state index is -0.681. The second-order valence-corrected chi connectivity index (χ2v) is 3.16. The first-order chi connectivity index (χ1) is 6.65. The molecule has 76 valence electrons. The lowest BCUT2D eigenvalue weighted by molar-refractivity contribution is 0.585. The van der Waals surface area contributed by atoms with Gasteiger partial charge in [-0.2, -0.15) is 0 Å². The number of nitrogens with one attached hydrogen (secondary N) is 1. The van der Waals surface area contributed by atoms with Crippen LogP contribution in [0.2, 0.25) is 5.02 Å². The quantitative estimate of drug-likeness (QED) is 0.600. The molecule has 0 aliphatic heterocycles. The molecule has 0 bridgehead atoms. The Morgan fingerprint density at radius 2 is 2.14 bits per heavy atom. The van der Waals surface area contributed by atoms with Gasteiger partial charge >= 0.3 is 0 Å². The molecule has 1 rings (SSSR count). The summed E-state index contributed by atoms with van der Waals surface area (Å²) in [5.41, 5.74) is 0.134. The molecular weight excluding hydrogens is 208 g/mol. The Hall–Kier alpha value is -1.09. The molecule has 4 heteroatoms. The van der Waals surface area contributed by atoms with Crippen LogP contribution in [0.4, 0.5) is 14.5 Å². The Kier molecular flexibility index (Phi) is 3.89. The molecule has 14 heavy (non-hydrogen) atoms. The summed E-state index contributed by atoms with van der Waals surface area (Å²) in [6.07, 6.45) is 2.38. The van der Waals surface area contributed by atoms with Crippen molar-refractivity contribution in [2.24, 2.45) is 0 Å². The lowest BCUT2D eigenvalue weighted by Gasteiger charge is -2.08. The van der Waals surface area contributed by atoms with Gasteiger partial charge in [-0.25, -0.2) is 8.78 Å². The molecule has 1 nitrogen and oxygen atoms in total. The van der Waals surface area contributed by atoms with E-state index in [-0.39, 0.29) is 10.7 Å². The van der Waals surface area contributed by atoms with Crippen molar-refractivity contribution in [1.29, 1.82) is 0 Å². The van der Waals surface area contributed by atoms with Gasteiger partial charge in [0.2, 0.25) is 0 Å². The van der Waals surface area contributed by atoms with E-state index < -0.39 is 11.6 Å². The van der Waals surface area contributed by atoms with Crippen LogP contribution in [-0.2, 0) is 0 Å². The molecule has 0 saturated heterocycles. The van der Waals surface area contributed by atoms with Gasteiger partial charge in [-0.05, 0) is 12.5 Å². The van der Waals surface area contributed by atoms with Crippen LogP contribution < -0.4 is 5.32 Å². The molecule has 0 aliphatic carbocycles. The van der Waals surface area contributed by atoms with Crippen LogP contribution in [0.3, 0.4) is 0 Å². The summed E-state index contributed by atoms with van der Waals surface area (Å²) in [4.78, 5) is 0. The highest BCUT2D eigenvalue weighted by Crippen LogP contribution is 2.26. The SMILES string of the molecule is C=CCCNc1c(F)cc(F)cc1Cl. The van der Waals surface area contributed by atoms with Crippen molar-refractivity contribution in [2.45, 2.75) is 6.42 Å². The van der Waals surface area contributed by atoms with E-state index in [9.17, 15) is 8.78 Å². The summed E-state index contributed by atoms with van der Waals surface area (Å²) >= 11 is 5.65. The second kappa shape index (κ2) is 4.96. The van der Waals surface area contributed by atoms with E-state index in [2.05, 4.69) is 11.9 Å². The van der Waals surface area contributed by atoms with Crippen LogP contribution in [0.5, 0.6) is 0 Å². The van der Waals surface area contributed by atoms with Gasteiger partial charge < -0.3 is 5.32 Å². The Morgan fingerprint density at radius 3 is 2.71 bits per heavy atom. The third kappa shape index (κ3) is 2.70. The predicted octanol–water partition coefficient (Wildman–Crippen LogP) is 3.61. The zero-order valence-corrected chi connectivity index (χ0v) is 8.24. The van der Waals surface area contributed by atoms with E-state index >= 15 is 0 Å². The first-order valence-corrected chi connectivity index (χ1v) is 4.52. The maximum atomic E-state index is 13.1. The predicted molar refractivity (Wildman–Crippen MR) is 54.7 cm³/mol. The molecule has 0 atom stereocenters. The maximum absolute atomic E-state index is 13.1. The summed E-state index contributed by atoms with van der Waals surface area (Å²) in [6, 6.07) is 1.86. The summed E-state index contributed by atoms with van der Waals surface area (Å²) in [7, 11) is 0. The molecule has 0 aliphatic rings. The third-order valence-electron chi connectivity index (χ3n) is 1.66. The molecule has 1 aromatic carbocycles. The highest BCUT2D eigenvalue weighted by atomic mass is 35.5. The molecule has 1 aromatic rings. The molecule has 0 amide bonds. The van der Waals surface area contributed by atoms with Crippen molar-refractivity contribution < 1.29 is 8.78 Å². The number of hydrogen-bond donors (Lipinski definition) is 1. The first kappa shape index (κ1) is 11.0. The van der Waals surface area contributed by atoms with Crippen molar-refractivity contribution in [3.8, 4) is 0 Å². The lowest BCUT2D eigenvalue weighted by Crippen LogP contribution is -2.03. The Balaban J connectivity index is 2.80. The molecule has 1 N–H and O–H groups in total. The standard InChI is InChI=1S/C10H10ClF2N/c1-2-3-4-14-10-8(11)5-7(12)6-9(10)13/h2,5-6,14H,1,3-4H2. The number of rotatable bonds is 4. The molecular formula is C10H10ClF2N. The maximum Gasteiger partial charge on any atom is 0.150 e. The van der Waals surface area contributed by atoms with Gasteiger partial charge in [-0.1, -0.05) is 17.7 Å². The van der Waals surface area contributed by atoms with Crippen molar-refractivity contribution in [3.05, 3.63) is 41.4 Å². The minimum absolute atomic E-state index is 0.0477. The smallest absolute Gasteiger partial charge is 0.150 e. The average Bonchev–Trinajstić information content (AvgIpc) is 2.09. The Labute approximate surface area is 86.4 Å². The van der Waals surface area contributed by atoms with Crippen LogP contribution in [0, 0.1) is 11.6 Å². The Morgan fingerprint density at radius 1 is 1.43 bits per heavy atom. The van der Waals surface area contributed by atoms with Gasteiger partial charge in [0.25, 0.3) is 0 Å². The fourth-order valence-electron chi connectivity index (χ4n) is 1.01. The first-order valence-electron chi connectivity index (χ1n) is 4.14. The Bertz CT molecular complexity index is 316. The molecule has 0 unspecified atom stereocenters. The van der Waals surface area contributed by atoms with E-state index in [1.54, 1.807) is 6.08 Å². The molecule has 0 radical (unpaired) electrons. The lowest BCUT2D eigenvalue weighted by atomic mass is 10.3. The van der Waals surface area contributed by atoms with E-state index in [4.69, 9.17) is 11.6 Å². The van der Waals surface area contributed by atoms with Crippen LogP contribution in [0.1, 0.15) is 6.42 Å². The molecule has 0 saturated carbocycles. The molecule has 0 aromatic heterocycles. The number of benzene rings is 1. The van der Waals surface area contributed by atoms with Gasteiger partial charge in [0.15, 0.2) is 5.82 Å².